The second-order valence-electron chi connectivity index (χ2n) is 7.38. The number of ether oxygens (including phenoxy) is 2. The van der Waals surface area contributed by atoms with Crippen LogP contribution in [-0.2, 0) is 25.7 Å². The second-order valence-corrected chi connectivity index (χ2v) is 7.38. The molecule has 1 aromatic carbocycles. The summed E-state index contributed by atoms with van der Waals surface area (Å²) in [6.07, 6.45) is 1.34. The minimum absolute atomic E-state index is 0.171. The Labute approximate surface area is 188 Å². The number of urea groups is 1. The van der Waals surface area contributed by atoms with Crippen molar-refractivity contribution in [2.24, 2.45) is 5.92 Å². The van der Waals surface area contributed by atoms with Gasteiger partial charge in [0.05, 0.1) is 7.11 Å². The fourth-order valence-corrected chi connectivity index (χ4v) is 2.85. The number of unbranched alkanes of at least 4 members (excludes halogenated alkanes) is 1. The van der Waals surface area contributed by atoms with Gasteiger partial charge in [0.2, 0.25) is 0 Å². The van der Waals surface area contributed by atoms with Gasteiger partial charge in [-0.05, 0) is 30.7 Å². The number of esters is 1. The Morgan fingerprint density at radius 3 is 2.34 bits per heavy atom. The predicted octanol–water partition coefficient (Wildman–Crippen LogP) is 2.42. The number of benzene rings is 1. The van der Waals surface area contributed by atoms with E-state index < -0.39 is 36.1 Å². The van der Waals surface area contributed by atoms with Gasteiger partial charge in [0.25, 0.3) is 0 Å². The molecule has 0 bridgehead atoms. The van der Waals surface area contributed by atoms with Crippen LogP contribution in [-0.4, -0.2) is 54.9 Å². The molecule has 0 aliphatic carbocycles. The van der Waals surface area contributed by atoms with Crippen molar-refractivity contribution in [1.29, 1.82) is 0 Å². The zero-order chi connectivity index (χ0) is 23.9. The van der Waals surface area contributed by atoms with E-state index in [0.29, 0.717) is 25.8 Å². The van der Waals surface area contributed by atoms with Gasteiger partial charge >= 0.3 is 24.1 Å². The van der Waals surface area contributed by atoms with Crippen LogP contribution in [0.3, 0.4) is 0 Å². The topological polar surface area (TPSA) is 143 Å². The van der Waals surface area contributed by atoms with Crippen LogP contribution in [0.1, 0.15) is 45.1 Å². The van der Waals surface area contributed by atoms with Gasteiger partial charge in [0.1, 0.15) is 18.7 Å². The molecule has 1 rings (SSSR count). The first-order chi connectivity index (χ1) is 15.3. The smallest absolute Gasteiger partial charge is 0.407 e. The maximum Gasteiger partial charge on any atom is 0.407 e. The largest absolute Gasteiger partial charge is 0.480 e. The molecule has 178 valence electrons. The summed E-state index contributed by atoms with van der Waals surface area (Å²) in [6.45, 7) is 4.05. The molecule has 1 unspecified atom stereocenters. The zero-order valence-corrected chi connectivity index (χ0v) is 18.8. The minimum Gasteiger partial charge on any atom is -0.480 e. The quantitative estimate of drug-likeness (QED) is 0.266. The molecule has 3 amide bonds. The van der Waals surface area contributed by atoms with E-state index in [2.05, 4.69) is 16.0 Å². The lowest BCUT2D eigenvalue weighted by atomic mass is 9.99. The molecule has 4 N–H and O–H groups in total. The summed E-state index contributed by atoms with van der Waals surface area (Å²) in [5, 5.41) is 16.8. The van der Waals surface area contributed by atoms with Gasteiger partial charge in [-0.25, -0.2) is 19.2 Å². The summed E-state index contributed by atoms with van der Waals surface area (Å²) in [4.78, 5) is 47.3. The van der Waals surface area contributed by atoms with E-state index in [4.69, 9.17) is 9.47 Å². The summed E-state index contributed by atoms with van der Waals surface area (Å²) in [7, 11) is 1.21. The molecule has 0 aliphatic heterocycles. The number of amides is 3. The molecule has 1 aromatic rings. The van der Waals surface area contributed by atoms with E-state index >= 15 is 0 Å². The van der Waals surface area contributed by atoms with Gasteiger partial charge in [0, 0.05) is 6.54 Å². The molecule has 0 spiro atoms. The molecule has 0 radical (unpaired) electrons. The van der Waals surface area contributed by atoms with Gasteiger partial charge in [-0.2, -0.15) is 0 Å². The number of methoxy groups -OCH3 is 1. The average molecular weight is 452 g/mol. The number of hydrogen-bond donors (Lipinski definition) is 4. The molecule has 0 fully saturated rings. The van der Waals surface area contributed by atoms with E-state index in [1.807, 2.05) is 37.3 Å². The number of carbonyl (C=O) groups is 4. The zero-order valence-electron chi connectivity index (χ0n) is 18.8. The number of nitrogens with one attached hydrogen (secondary N) is 3. The molecule has 0 heterocycles. The first kappa shape index (κ1) is 26.7. The van der Waals surface area contributed by atoms with Gasteiger partial charge < -0.3 is 30.5 Å². The minimum atomic E-state index is -1.14. The molecule has 10 heteroatoms. The van der Waals surface area contributed by atoms with E-state index in [0.717, 1.165) is 5.56 Å². The van der Waals surface area contributed by atoms with Crippen LogP contribution in [0.2, 0.25) is 0 Å². The Kier molecular flexibility index (Phi) is 12.2. The third-order valence-electron chi connectivity index (χ3n) is 4.96. The SMILES string of the molecule is CCC(C)[C@H](NC(=O)N[C@@H](CCCCNC(=O)OCc1ccccc1)C(=O)OC)C(=O)O. The van der Waals surface area contributed by atoms with Crippen molar-refractivity contribution in [3.05, 3.63) is 35.9 Å². The first-order valence-corrected chi connectivity index (χ1v) is 10.6. The Bertz CT molecular complexity index is 742. The van der Waals surface area contributed by atoms with Gasteiger partial charge in [-0.15, -0.1) is 0 Å². The molecule has 3 atom stereocenters. The normalized spacial score (nSPS) is 13.2. The highest BCUT2D eigenvalue weighted by Crippen LogP contribution is 2.08. The van der Waals surface area contributed by atoms with Crippen LogP contribution >= 0.6 is 0 Å². The number of alkyl carbamates (subject to hydrolysis) is 1. The third-order valence-corrected chi connectivity index (χ3v) is 4.96. The van der Waals surface area contributed by atoms with Crippen molar-refractivity contribution >= 4 is 24.1 Å². The van der Waals surface area contributed by atoms with Crippen LogP contribution < -0.4 is 16.0 Å². The van der Waals surface area contributed by atoms with Gasteiger partial charge in [-0.3, -0.25) is 0 Å². The summed E-state index contributed by atoms with van der Waals surface area (Å²) in [6, 6.07) is 6.54. The number of carboxylic acid groups (broad SMARTS) is 1. The van der Waals surface area contributed by atoms with Crippen molar-refractivity contribution in [2.75, 3.05) is 13.7 Å². The van der Waals surface area contributed by atoms with Crippen LogP contribution in [0.4, 0.5) is 9.59 Å². The first-order valence-electron chi connectivity index (χ1n) is 10.6. The molecule has 0 saturated heterocycles. The van der Waals surface area contributed by atoms with Crippen molar-refractivity contribution in [1.82, 2.24) is 16.0 Å². The molecule has 0 aromatic heterocycles. The van der Waals surface area contributed by atoms with Crippen molar-refractivity contribution in [3.63, 3.8) is 0 Å². The maximum absolute atomic E-state index is 12.2. The van der Waals surface area contributed by atoms with Crippen LogP contribution in [0, 0.1) is 5.92 Å². The third kappa shape index (κ3) is 10.1. The highest BCUT2D eigenvalue weighted by Gasteiger charge is 2.27. The average Bonchev–Trinajstić information content (AvgIpc) is 2.79. The van der Waals surface area contributed by atoms with Crippen molar-refractivity contribution < 1.29 is 33.8 Å². The molecular formula is C22H33N3O7. The highest BCUT2D eigenvalue weighted by molar-refractivity contribution is 5.86. The number of carbonyl (C=O) groups excluding carboxylic acids is 3. The summed E-state index contributed by atoms with van der Waals surface area (Å²) in [5.41, 5.74) is 0.881. The number of carboxylic acids is 1. The maximum atomic E-state index is 12.2. The Hall–Kier alpha value is -3.30. The highest BCUT2D eigenvalue weighted by atomic mass is 16.5. The van der Waals surface area contributed by atoms with E-state index in [9.17, 15) is 24.3 Å². The number of rotatable bonds is 13. The lowest BCUT2D eigenvalue weighted by molar-refractivity contribution is -0.143. The lowest BCUT2D eigenvalue weighted by Crippen LogP contribution is -2.53. The van der Waals surface area contributed by atoms with E-state index in [-0.39, 0.29) is 18.9 Å². The Balaban J connectivity index is 2.38. The molecule has 0 aliphatic rings. The van der Waals surface area contributed by atoms with Crippen LogP contribution in [0.15, 0.2) is 30.3 Å². The standard InChI is InChI=1S/C22H33N3O7/c1-4-15(2)18(19(26)27)25-21(29)24-17(20(28)31-3)12-8-9-13-23-22(30)32-14-16-10-6-5-7-11-16/h5-7,10-11,15,17-18H,4,8-9,12-14H2,1-3H3,(H,23,30)(H,26,27)(H2,24,25,29)/t15?,17-,18-/m0/s1. The fraction of sp³-hybridized carbons (Fsp3) is 0.545. The Morgan fingerprint density at radius 1 is 1.06 bits per heavy atom. The number of hydrogen-bond acceptors (Lipinski definition) is 6. The second kappa shape index (κ2) is 14.7. The molecule has 32 heavy (non-hydrogen) atoms. The molecule has 10 nitrogen and oxygen atoms in total. The fourth-order valence-electron chi connectivity index (χ4n) is 2.85. The van der Waals surface area contributed by atoms with E-state index in [1.54, 1.807) is 6.92 Å². The lowest BCUT2D eigenvalue weighted by Gasteiger charge is -2.22. The van der Waals surface area contributed by atoms with Gasteiger partial charge in [0.15, 0.2) is 0 Å². The summed E-state index contributed by atoms with van der Waals surface area (Å²) < 4.78 is 9.83. The van der Waals surface area contributed by atoms with E-state index in [1.165, 1.54) is 7.11 Å². The molecule has 0 saturated carbocycles. The number of aliphatic carboxylic acids is 1. The van der Waals surface area contributed by atoms with Crippen LogP contribution in [0.25, 0.3) is 0 Å². The van der Waals surface area contributed by atoms with Crippen molar-refractivity contribution in [3.8, 4) is 0 Å². The Morgan fingerprint density at radius 2 is 1.75 bits per heavy atom. The molecular weight excluding hydrogens is 418 g/mol. The van der Waals surface area contributed by atoms with Gasteiger partial charge in [-0.1, -0.05) is 50.6 Å². The summed E-state index contributed by atoms with van der Waals surface area (Å²) >= 11 is 0. The monoisotopic (exact) mass is 451 g/mol. The van der Waals surface area contributed by atoms with Crippen LogP contribution in [0.5, 0.6) is 0 Å². The predicted molar refractivity (Wildman–Crippen MR) is 117 cm³/mol. The summed E-state index contributed by atoms with van der Waals surface area (Å²) in [5.74, 6) is -2.05. The van der Waals surface area contributed by atoms with Crippen molar-refractivity contribution in [2.45, 2.75) is 58.2 Å².